The first-order valence-electron chi connectivity index (χ1n) is 6.65. The lowest BCUT2D eigenvalue weighted by atomic mass is 9.96. The fourth-order valence-corrected chi connectivity index (χ4v) is 1.56. The number of carbonyl (C=O) groups is 1. The molecular formula is C16H18FN3O. The van der Waals surface area contributed by atoms with E-state index in [9.17, 15) is 9.18 Å². The Balaban J connectivity index is 2.06. The van der Waals surface area contributed by atoms with Crippen molar-refractivity contribution in [3.63, 3.8) is 0 Å². The minimum Gasteiger partial charge on any atom is -0.352 e. The number of rotatable bonds is 3. The quantitative estimate of drug-likeness (QED) is 0.898. The number of amides is 1. The Kier molecular flexibility index (Phi) is 4.21. The van der Waals surface area contributed by atoms with Gasteiger partial charge in [-0.25, -0.2) is 9.37 Å². The maximum absolute atomic E-state index is 13.5. The van der Waals surface area contributed by atoms with Crippen molar-refractivity contribution in [2.75, 3.05) is 10.6 Å². The van der Waals surface area contributed by atoms with E-state index in [-0.39, 0.29) is 11.7 Å². The Bertz CT molecular complexity index is 633. The summed E-state index contributed by atoms with van der Waals surface area (Å²) in [6.45, 7) is 5.49. The largest absolute Gasteiger partial charge is 0.352 e. The fourth-order valence-electron chi connectivity index (χ4n) is 1.56. The molecule has 1 heterocycles. The molecule has 1 aromatic heterocycles. The van der Waals surface area contributed by atoms with Crippen molar-refractivity contribution in [2.45, 2.75) is 20.8 Å². The van der Waals surface area contributed by atoms with E-state index in [0.29, 0.717) is 17.2 Å². The predicted molar refractivity (Wildman–Crippen MR) is 82.0 cm³/mol. The van der Waals surface area contributed by atoms with Crippen LogP contribution in [0.3, 0.4) is 0 Å². The zero-order valence-electron chi connectivity index (χ0n) is 12.3. The summed E-state index contributed by atoms with van der Waals surface area (Å²) in [4.78, 5) is 16.0. The number of pyridine rings is 1. The monoisotopic (exact) mass is 287 g/mol. The Morgan fingerprint density at radius 3 is 2.43 bits per heavy atom. The molecule has 0 atom stereocenters. The first-order chi connectivity index (χ1) is 9.86. The van der Waals surface area contributed by atoms with Crippen LogP contribution >= 0.6 is 0 Å². The minimum atomic E-state index is -0.480. The van der Waals surface area contributed by atoms with E-state index < -0.39 is 5.41 Å². The van der Waals surface area contributed by atoms with Gasteiger partial charge in [-0.2, -0.15) is 0 Å². The van der Waals surface area contributed by atoms with E-state index in [1.807, 2.05) is 20.8 Å². The summed E-state index contributed by atoms with van der Waals surface area (Å²) in [5.41, 5.74) is 0.547. The van der Waals surface area contributed by atoms with Gasteiger partial charge >= 0.3 is 0 Å². The molecule has 2 N–H and O–H groups in total. The maximum atomic E-state index is 13.5. The molecule has 2 rings (SSSR count). The van der Waals surface area contributed by atoms with Gasteiger partial charge in [0, 0.05) is 5.41 Å². The second-order valence-corrected chi connectivity index (χ2v) is 5.74. The summed E-state index contributed by atoms with van der Waals surface area (Å²) in [6.07, 6.45) is 1.55. The van der Waals surface area contributed by atoms with Crippen LogP contribution in [0.15, 0.2) is 42.6 Å². The number of nitrogens with one attached hydrogen (secondary N) is 2. The third-order valence-electron chi connectivity index (χ3n) is 2.84. The van der Waals surface area contributed by atoms with Crippen LogP contribution in [0.5, 0.6) is 0 Å². The smallest absolute Gasteiger partial charge is 0.230 e. The Hall–Kier alpha value is -2.43. The number of aromatic nitrogens is 1. The normalized spacial score (nSPS) is 11.0. The van der Waals surface area contributed by atoms with Crippen LogP contribution in [0, 0.1) is 11.2 Å². The van der Waals surface area contributed by atoms with Crippen LogP contribution in [0.4, 0.5) is 21.6 Å². The molecule has 110 valence electrons. The van der Waals surface area contributed by atoms with Gasteiger partial charge < -0.3 is 10.6 Å². The molecule has 0 radical (unpaired) electrons. The number of nitrogens with zero attached hydrogens (tertiary/aromatic N) is 1. The van der Waals surface area contributed by atoms with Crippen molar-refractivity contribution >= 4 is 23.1 Å². The van der Waals surface area contributed by atoms with Crippen LogP contribution in [0.2, 0.25) is 0 Å². The molecule has 0 aliphatic rings. The second kappa shape index (κ2) is 5.91. The number of carbonyl (C=O) groups excluding carboxylic acids is 1. The molecule has 21 heavy (non-hydrogen) atoms. The summed E-state index contributed by atoms with van der Waals surface area (Å²) in [6, 6.07) is 9.81. The van der Waals surface area contributed by atoms with Gasteiger partial charge in [0.2, 0.25) is 5.91 Å². The Labute approximate surface area is 123 Å². The highest BCUT2D eigenvalue weighted by atomic mass is 19.1. The molecule has 0 bridgehead atoms. The van der Waals surface area contributed by atoms with E-state index in [1.165, 1.54) is 6.07 Å². The lowest BCUT2D eigenvalue weighted by molar-refractivity contribution is -0.123. The van der Waals surface area contributed by atoms with Gasteiger partial charge in [-0.3, -0.25) is 4.79 Å². The number of halogens is 1. The summed E-state index contributed by atoms with van der Waals surface area (Å²) in [5.74, 6) is 0.0291. The SMILES string of the molecule is CC(C)(C)C(=O)Nc1ccc(Nc2ccccc2F)cn1. The molecule has 1 amide bonds. The molecule has 0 saturated carbocycles. The first-order valence-corrected chi connectivity index (χ1v) is 6.65. The van der Waals surface area contributed by atoms with Gasteiger partial charge in [-0.05, 0) is 24.3 Å². The van der Waals surface area contributed by atoms with Gasteiger partial charge in [0.15, 0.2) is 0 Å². The molecular weight excluding hydrogens is 269 g/mol. The third kappa shape index (κ3) is 4.02. The van der Waals surface area contributed by atoms with Crippen molar-refractivity contribution in [3.8, 4) is 0 Å². The van der Waals surface area contributed by atoms with Gasteiger partial charge in [0.05, 0.1) is 17.6 Å². The lowest BCUT2D eigenvalue weighted by Gasteiger charge is -2.17. The van der Waals surface area contributed by atoms with Crippen molar-refractivity contribution in [3.05, 3.63) is 48.4 Å². The van der Waals surface area contributed by atoms with E-state index in [4.69, 9.17) is 0 Å². The highest BCUT2D eigenvalue weighted by Crippen LogP contribution is 2.21. The lowest BCUT2D eigenvalue weighted by Crippen LogP contribution is -2.27. The summed E-state index contributed by atoms with van der Waals surface area (Å²) in [5, 5.41) is 5.67. The fraction of sp³-hybridized carbons (Fsp3) is 0.250. The van der Waals surface area contributed by atoms with Crippen molar-refractivity contribution in [2.24, 2.45) is 5.41 Å². The maximum Gasteiger partial charge on any atom is 0.230 e. The summed E-state index contributed by atoms with van der Waals surface area (Å²) < 4.78 is 13.5. The van der Waals surface area contributed by atoms with Crippen LogP contribution in [-0.2, 0) is 4.79 Å². The van der Waals surface area contributed by atoms with Gasteiger partial charge in [-0.1, -0.05) is 32.9 Å². The number of para-hydroxylation sites is 1. The Morgan fingerprint density at radius 1 is 1.14 bits per heavy atom. The predicted octanol–water partition coefficient (Wildman–Crippen LogP) is 3.95. The molecule has 2 aromatic rings. The van der Waals surface area contributed by atoms with E-state index in [0.717, 1.165) is 0 Å². The van der Waals surface area contributed by atoms with Gasteiger partial charge in [0.25, 0.3) is 0 Å². The highest BCUT2D eigenvalue weighted by molar-refractivity contribution is 5.93. The molecule has 0 unspecified atom stereocenters. The van der Waals surface area contributed by atoms with Crippen LogP contribution in [0.25, 0.3) is 0 Å². The third-order valence-corrected chi connectivity index (χ3v) is 2.84. The molecule has 0 saturated heterocycles. The van der Waals surface area contributed by atoms with Crippen molar-refractivity contribution in [1.29, 1.82) is 0 Å². The van der Waals surface area contributed by atoms with Crippen LogP contribution in [-0.4, -0.2) is 10.9 Å². The first kappa shape index (κ1) is 15.0. The van der Waals surface area contributed by atoms with E-state index in [1.54, 1.807) is 36.5 Å². The van der Waals surface area contributed by atoms with Crippen LogP contribution < -0.4 is 10.6 Å². The van der Waals surface area contributed by atoms with Crippen LogP contribution in [0.1, 0.15) is 20.8 Å². The highest BCUT2D eigenvalue weighted by Gasteiger charge is 2.21. The molecule has 1 aromatic carbocycles. The van der Waals surface area contributed by atoms with Gasteiger partial charge in [0.1, 0.15) is 11.6 Å². The van der Waals surface area contributed by atoms with E-state index in [2.05, 4.69) is 15.6 Å². The summed E-state index contributed by atoms with van der Waals surface area (Å²) >= 11 is 0. The minimum absolute atomic E-state index is 0.107. The molecule has 0 spiro atoms. The number of anilines is 3. The summed E-state index contributed by atoms with van der Waals surface area (Å²) in [7, 11) is 0. The van der Waals surface area contributed by atoms with Gasteiger partial charge in [-0.15, -0.1) is 0 Å². The topological polar surface area (TPSA) is 54.0 Å². The standard InChI is InChI=1S/C16H18FN3O/c1-16(2,3)15(21)20-14-9-8-11(10-18-14)19-13-7-5-4-6-12(13)17/h4-10,19H,1-3H3,(H,18,20,21). The zero-order valence-corrected chi connectivity index (χ0v) is 12.3. The zero-order chi connectivity index (χ0) is 15.5. The van der Waals surface area contributed by atoms with Crippen molar-refractivity contribution < 1.29 is 9.18 Å². The molecule has 0 fully saturated rings. The average molecular weight is 287 g/mol. The molecule has 0 aliphatic carbocycles. The molecule has 5 heteroatoms. The average Bonchev–Trinajstić information content (AvgIpc) is 2.42. The van der Waals surface area contributed by atoms with E-state index >= 15 is 0 Å². The van der Waals surface area contributed by atoms with Crippen molar-refractivity contribution in [1.82, 2.24) is 4.98 Å². The molecule has 0 aliphatic heterocycles. The number of benzene rings is 1. The Morgan fingerprint density at radius 2 is 1.86 bits per heavy atom. The number of hydrogen-bond donors (Lipinski definition) is 2. The molecule has 4 nitrogen and oxygen atoms in total. The number of hydrogen-bond acceptors (Lipinski definition) is 3. The second-order valence-electron chi connectivity index (χ2n) is 5.74.